The molecule has 164 valence electrons. The number of anilines is 1. The SMILES string of the molecule is O=C(Nc1ccc2c(c1)OCO2)c1nnc(C2CCCN2C(=O)Cc2ccc(F)cc2)s1. The molecular formula is C22H19FN4O4S. The zero-order chi connectivity index (χ0) is 22.1. The number of aromatic nitrogens is 2. The molecule has 0 bridgehead atoms. The van der Waals surface area contributed by atoms with Gasteiger partial charge in [0.2, 0.25) is 17.7 Å². The van der Waals surface area contributed by atoms with Gasteiger partial charge in [-0.2, -0.15) is 0 Å². The fourth-order valence-corrected chi connectivity index (χ4v) is 4.71. The monoisotopic (exact) mass is 454 g/mol. The Labute approximate surface area is 187 Å². The van der Waals surface area contributed by atoms with Gasteiger partial charge in [-0.3, -0.25) is 9.59 Å². The molecule has 1 aromatic heterocycles. The summed E-state index contributed by atoms with van der Waals surface area (Å²) in [6.07, 6.45) is 1.79. The van der Waals surface area contributed by atoms with E-state index in [2.05, 4.69) is 15.5 Å². The first-order valence-corrected chi connectivity index (χ1v) is 11.0. The Bertz CT molecular complexity index is 1170. The Morgan fingerprint density at radius 2 is 1.94 bits per heavy atom. The first-order chi connectivity index (χ1) is 15.6. The number of likely N-dealkylation sites (tertiary alicyclic amines) is 1. The molecule has 10 heteroatoms. The zero-order valence-corrected chi connectivity index (χ0v) is 17.7. The zero-order valence-electron chi connectivity index (χ0n) is 16.9. The molecule has 1 fully saturated rings. The van der Waals surface area contributed by atoms with E-state index >= 15 is 0 Å². The normalized spacial score (nSPS) is 16.9. The lowest BCUT2D eigenvalue weighted by molar-refractivity contribution is -0.131. The van der Waals surface area contributed by atoms with E-state index < -0.39 is 0 Å². The van der Waals surface area contributed by atoms with Crippen LogP contribution in [0.3, 0.4) is 0 Å². The fraction of sp³-hybridized carbons (Fsp3) is 0.273. The summed E-state index contributed by atoms with van der Waals surface area (Å²) in [4.78, 5) is 27.3. The molecule has 3 aromatic rings. The topological polar surface area (TPSA) is 93.7 Å². The first kappa shape index (κ1) is 20.4. The Morgan fingerprint density at radius 1 is 1.12 bits per heavy atom. The molecule has 1 atom stereocenters. The summed E-state index contributed by atoms with van der Waals surface area (Å²) >= 11 is 1.18. The number of fused-ring (bicyclic) bond motifs is 1. The minimum atomic E-state index is -0.380. The minimum Gasteiger partial charge on any atom is -0.454 e. The van der Waals surface area contributed by atoms with E-state index in [1.165, 1.54) is 23.5 Å². The number of amides is 2. The van der Waals surface area contributed by atoms with Gasteiger partial charge >= 0.3 is 0 Å². The van der Waals surface area contributed by atoms with Crippen LogP contribution < -0.4 is 14.8 Å². The van der Waals surface area contributed by atoms with E-state index in [-0.39, 0.29) is 41.9 Å². The smallest absolute Gasteiger partial charge is 0.286 e. The molecule has 1 unspecified atom stereocenters. The maximum absolute atomic E-state index is 13.1. The summed E-state index contributed by atoms with van der Waals surface area (Å²) in [6.45, 7) is 0.771. The highest BCUT2D eigenvalue weighted by Gasteiger charge is 2.33. The molecule has 3 heterocycles. The van der Waals surface area contributed by atoms with Crippen LogP contribution in [-0.4, -0.2) is 40.2 Å². The number of nitrogens with one attached hydrogen (secondary N) is 1. The highest BCUT2D eigenvalue weighted by Crippen LogP contribution is 2.36. The van der Waals surface area contributed by atoms with E-state index in [9.17, 15) is 14.0 Å². The second-order valence-electron chi connectivity index (χ2n) is 7.52. The number of benzene rings is 2. The molecule has 0 aliphatic carbocycles. The highest BCUT2D eigenvalue weighted by molar-refractivity contribution is 7.13. The number of carbonyl (C=O) groups excluding carboxylic acids is 2. The van der Waals surface area contributed by atoms with Crippen LogP contribution in [0.5, 0.6) is 11.5 Å². The van der Waals surface area contributed by atoms with E-state index in [1.54, 1.807) is 35.2 Å². The summed E-state index contributed by atoms with van der Waals surface area (Å²) < 4.78 is 23.7. The van der Waals surface area contributed by atoms with Gasteiger partial charge < -0.3 is 19.7 Å². The number of hydrogen-bond donors (Lipinski definition) is 1. The number of hydrogen-bond acceptors (Lipinski definition) is 7. The molecule has 5 rings (SSSR count). The lowest BCUT2D eigenvalue weighted by Crippen LogP contribution is -2.31. The summed E-state index contributed by atoms with van der Waals surface area (Å²) in [5.74, 6) is 0.436. The lowest BCUT2D eigenvalue weighted by atomic mass is 10.1. The molecule has 2 aromatic carbocycles. The molecular weight excluding hydrogens is 435 g/mol. The van der Waals surface area contributed by atoms with Crippen molar-refractivity contribution in [1.82, 2.24) is 15.1 Å². The molecule has 2 amide bonds. The van der Waals surface area contributed by atoms with E-state index in [0.717, 1.165) is 18.4 Å². The maximum Gasteiger partial charge on any atom is 0.286 e. The Morgan fingerprint density at radius 3 is 2.78 bits per heavy atom. The molecule has 32 heavy (non-hydrogen) atoms. The van der Waals surface area contributed by atoms with Crippen molar-refractivity contribution in [3.8, 4) is 11.5 Å². The maximum atomic E-state index is 13.1. The second-order valence-corrected chi connectivity index (χ2v) is 8.53. The van der Waals surface area contributed by atoms with Gasteiger partial charge in [-0.15, -0.1) is 10.2 Å². The average Bonchev–Trinajstić information content (AvgIpc) is 3.54. The lowest BCUT2D eigenvalue weighted by Gasteiger charge is -2.22. The average molecular weight is 454 g/mol. The Kier molecular flexibility index (Phi) is 5.44. The number of halogens is 1. The van der Waals surface area contributed by atoms with E-state index in [4.69, 9.17) is 9.47 Å². The van der Waals surface area contributed by atoms with Gasteiger partial charge in [0.15, 0.2) is 11.5 Å². The summed E-state index contributed by atoms with van der Waals surface area (Å²) in [7, 11) is 0. The highest BCUT2D eigenvalue weighted by atomic mass is 32.1. The quantitative estimate of drug-likeness (QED) is 0.634. The van der Waals surface area contributed by atoms with Gasteiger partial charge in [-0.05, 0) is 42.7 Å². The van der Waals surface area contributed by atoms with Crippen LogP contribution >= 0.6 is 11.3 Å². The van der Waals surface area contributed by atoms with Gasteiger partial charge in [-0.1, -0.05) is 23.5 Å². The van der Waals surface area contributed by atoms with Crippen LogP contribution in [0.15, 0.2) is 42.5 Å². The van der Waals surface area contributed by atoms with Gasteiger partial charge in [0, 0.05) is 18.3 Å². The van der Waals surface area contributed by atoms with Crippen molar-refractivity contribution in [2.75, 3.05) is 18.7 Å². The van der Waals surface area contributed by atoms with Crippen LogP contribution in [0.25, 0.3) is 0 Å². The van der Waals surface area contributed by atoms with Crippen LogP contribution in [-0.2, 0) is 11.2 Å². The minimum absolute atomic E-state index is 0.0549. The van der Waals surface area contributed by atoms with Crippen LogP contribution in [0.1, 0.15) is 39.3 Å². The van der Waals surface area contributed by atoms with Crippen molar-refractivity contribution in [2.45, 2.75) is 25.3 Å². The first-order valence-electron chi connectivity index (χ1n) is 10.1. The molecule has 1 N–H and O–H groups in total. The van der Waals surface area contributed by atoms with Crippen molar-refractivity contribution >= 4 is 28.8 Å². The van der Waals surface area contributed by atoms with Crippen molar-refractivity contribution in [2.24, 2.45) is 0 Å². The van der Waals surface area contributed by atoms with Gasteiger partial charge in [0.05, 0.1) is 12.5 Å². The van der Waals surface area contributed by atoms with Crippen LogP contribution in [0, 0.1) is 5.82 Å². The number of nitrogens with zero attached hydrogens (tertiary/aromatic N) is 3. The third kappa shape index (κ3) is 4.13. The molecule has 0 radical (unpaired) electrons. The van der Waals surface area contributed by atoms with Gasteiger partial charge in [-0.25, -0.2) is 4.39 Å². The molecule has 2 aliphatic heterocycles. The molecule has 1 saturated heterocycles. The van der Waals surface area contributed by atoms with Crippen molar-refractivity contribution in [1.29, 1.82) is 0 Å². The van der Waals surface area contributed by atoms with Crippen LogP contribution in [0.4, 0.5) is 10.1 Å². The van der Waals surface area contributed by atoms with Crippen LogP contribution in [0.2, 0.25) is 0 Å². The number of carbonyl (C=O) groups is 2. The third-order valence-electron chi connectivity index (χ3n) is 5.39. The summed E-state index contributed by atoms with van der Waals surface area (Å²) in [5.41, 5.74) is 1.32. The second kappa shape index (κ2) is 8.54. The number of ether oxygens (including phenoxy) is 2. The third-order valence-corrected chi connectivity index (χ3v) is 6.42. The molecule has 0 saturated carbocycles. The molecule has 0 spiro atoms. The van der Waals surface area contributed by atoms with Gasteiger partial charge in [0.1, 0.15) is 10.8 Å². The van der Waals surface area contributed by atoms with E-state index in [1.807, 2.05) is 0 Å². The standard InChI is InChI=1S/C22H19FN4O4S/c23-14-5-3-13(4-6-14)10-19(28)27-9-1-2-16(27)21-25-26-22(32-21)20(29)24-15-7-8-17-18(11-15)31-12-30-17/h3-8,11,16H,1-2,9-10,12H2,(H,24,29). The fourth-order valence-electron chi connectivity index (χ4n) is 3.82. The Balaban J connectivity index is 1.26. The van der Waals surface area contributed by atoms with Crippen molar-refractivity contribution in [3.05, 3.63) is 63.9 Å². The predicted molar refractivity (Wildman–Crippen MR) is 114 cm³/mol. The predicted octanol–water partition coefficient (Wildman–Crippen LogP) is 3.56. The molecule has 8 nitrogen and oxygen atoms in total. The largest absolute Gasteiger partial charge is 0.454 e. The van der Waals surface area contributed by atoms with E-state index in [0.29, 0.717) is 28.7 Å². The van der Waals surface area contributed by atoms with Crippen molar-refractivity contribution < 1.29 is 23.5 Å². The molecule has 2 aliphatic rings. The van der Waals surface area contributed by atoms with Crippen molar-refractivity contribution in [3.63, 3.8) is 0 Å². The summed E-state index contributed by atoms with van der Waals surface area (Å²) in [5, 5.41) is 11.9. The van der Waals surface area contributed by atoms with Gasteiger partial charge in [0.25, 0.3) is 5.91 Å². The summed E-state index contributed by atoms with van der Waals surface area (Å²) in [6, 6.07) is 10.8. The number of rotatable bonds is 5. The Hall–Kier alpha value is -3.53.